The van der Waals surface area contributed by atoms with Crippen LogP contribution in [-0.4, -0.2) is 41.1 Å². The monoisotopic (exact) mass is 411 g/mol. The van der Waals surface area contributed by atoms with Crippen LogP contribution in [0, 0.1) is 16.0 Å². The summed E-state index contributed by atoms with van der Waals surface area (Å²) in [5.41, 5.74) is 0.374. The Morgan fingerprint density at radius 3 is 2.40 bits per heavy atom. The van der Waals surface area contributed by atoms with E-state index in [1.54, 1.807) is 0 Å². The SMILES string of the molecule is Cl.Cl.O=[N+]([O-])c1ccc(Cl)c(O)c1[C@H](C1CCCC1)N1CCNCC1. The first-order valence-corrected chi connectivity index (χ1v) is 8.58. The number of phenols is 1. The third-order valence-electron chi connectivity index (χ3n) is 5.03. The van der Waals surface area contributed by atoms with Gasteiger partial charge in [0.05, 0.1) is 15.5 Å². The Bertz CT molecular complexity index is 591. The minimum absolute atomic E-state index is 0. The van der Waals surface area contributed by atoms with Gasteiger partial charge in [-0.1, -0.05) is 24.4 Å². The molecule has 0 aromatic heterocycles. The van der Waals surface area contributed by atoms with Crippen molar-refractivity contribution in [2.24, 2.45) is 5.92 Å². The number of hydrogen-bond donors (Lipinski definition) is 2. The number of benzene rings is 1. The molecule has 9 heteroatoms. The second-order valence-corrected chi connectivity index (χ2v) is 6.77. The third-order valence-corrected chi connectivity index (χ3v) is 5.33. The lowest BCUT2D eigenvalue weighted by Gasteiger charge is -2.38. The number of phenolic OH excluding ortho intramolecular Hbond substituents is 1. The lowest BCUT2D eigenvalue weighted by Crippen LogP contribution is -2.46. The average molecular weight is 413 g/mol. The Kier molecular flexibility index (Phi) is 8.71. The van der Waals surface area contributed by atoms with Crippen molar-refractivity contribution in [1.82, 2.24) is 10.2 Å². The summed E-state index contributed by atoms with van der Waals surface area (Å²) in [6.45, 7) is 3.37. The van der Waals surface area contributed by atoms with E-state index in [0.29, 0.717) is 11.5 Å². The number of piperazine rings is 1. The lowest BCUT2D eigenvalue weighted by molar-refractivity contribution is -0.386. The molecule has 1 aromatic rings. The standard InChI is InChI=1S/C16H22ClN3O3.2ClH/c17-12-5-6-13(20(22)23)14(16(12)21)15(11-3-1-2-4-11)19-9-7-18-8-10-19;;/h5-6,11,15,18,21H,1-4,7-10H2;2*1H/t15-;;/m0../s1. The maximum Gasteiger partial charge on any atom is 0.278 e. The molecule has 2 aliphatic rings. The molecule has 0 spiro atoms. The highest BCUT2D eigenvalue weighted by Gasteiger charge is 2.38. The molecule has 1 atom stereocenters. The summed E-state index contributed by atoms with van der Waals surface area (Å²) in [5, 5.41) is 25.5. The number of hydrogen-bond acceptors (Lipinski definition) is 5. The molecule has 0 amide bonds. The van der Waals surface area contributed by atoms with E-state index in [4.69, 9.17) is 11.6 Å². The van der Waals surface area contributed by atoms with Crippen LogP contribution in [0.4, 0.5) is 5.69 Å². The highest BCUT2D eigenvalue weighted by atomic mass is 35.5. The molecule has 2 fully saturated rings. The van der Waals surface area contributed by atoms with Gasteiger partial charge in [0.1, 0.15) is 5.75 Å². The first-order chi connectivity index (χ1) is 11.1. The molecule has 6 nitrogen and oxygen atoms in total. The molecule has 1 heterocycles. The molecule has 25 heavy (non-hydrogen) atoms. The van der Waals surface area contributed by atoms with Crippen LogP contribution in [0.25, 0.3) is 0 Å². The van der Waals surface area contributed by atoms with Crippen molar-refractivity contribution in [2.75, 3.05) is 26.2 Å². The first-order valence-electron chi connectivity index (χ1n) is 8.20. The second-order valence-electron chi connectivity index (χ2n) is 6.36. The van der Waals surface area contributed by atoms with Crippen molar-refractivity contribution in [3.8, 4) is 5.75 Å². The van der Waals surface area contributed by atoms with Crippen LogP contribution in [0.15, 0.2) is 12.1 Å². The van der Waals surface area contributed by atoms with E-state index in [9.17, 15) is 15.2 Å². The van der Waals surface area contributed by atoms with Crippen LogP contribution in [0.2, 0.25) is 5.02 Å². The van der Waals surface area contributed by atoms with Gasteiger partial charge >= 0.3 is 0 Å². The van der Waals surface area contributed by atoms with Crippen molar-refractivity contribution < 1.29 is 10.0 Å². The minimum Gasteiger partial charge on any atom is -0.506 e. The second kappa shape index (κ2) is 9.78. The fraction of sp³-hybridized carbons (Fsp3) is 0.625. The van der Waals surface area contributed by atoms with E-state index in [-0.39, 0.29) is 47.3 Å². The average Bonchev–Trinajstić information content (AvgIpc) is 3.07. The summed E-state index contributed by atoms with van der Waals surface area (Å²) in [6, 6.07) is 2.68. The smallest absolute Gasteiger partial charge is 0.278 e. The van der Waals surface area contributed by atoms with Gasteiger partial charge in [0.2, 0.25) is 0 Å². The molecule has 0 bridgehead atoms. The first kappa shape index (κ1) is 22.3. The molecule has 0 unspecified atom stereocenters. The summed E-state index contributed by atoms with van der Waals surface area (Å²) < 4.78 is 0. The number of nitrogens with one attached hydrogen (secondary N) is 1. The third kappa shape index (κ3) is 4.68. The van der Waals surface area contributed by atoms with E-state index >= 15 is 0 Å². The van der Waals surface area contributed by atoms with Crippen LogP contribution in [0.1, 0.15) is 37.3 Å². The molecule has 0 radical (unpaired) electrons. The number of rotatable bonds is 4. The molecule has 1 saturated heterocycles. The van der Waals surface area contributed by atoms with Crippen molar-refractivity contribution in [3.05, 3.63) is 32.8 Å². The number of aromatic hydroxyl groups is 1. The van der Waals surface area contributed by atoms with Gasteiger partial charge in [-0.25, -0.2) is 0 Å². The zero-order chi connectivity index (χ0) is 16.4. The molecular weight excluding hydrogens is 389 g/mol. The maximum absolute atomic E-state index is 11.5. The van der Waals surface area contributed by atoms with Gasteiger partial charge in [-0.05, 0) is 24.8 Å². The number of halogens is 3. The van der Waals surface area contributed by atoms with E-state index in [2.05, 4.69) is 10.2 Å². The van der Waals surface area contributed by atoms with Crippen LogP contribution in [0.5, 0.6) is 5.75 Å². The highest BCUT2D eigenvalue weighted by molar-refractivity contribution is 6.32. The summed E-state index contributed by atoms with van der Waals surface area (Å²) in [5.74, 6) is 0.201. The Balaban J connectivity index is 0.00000156. The predicted octanol–water partition coefficient (Wildman–Crippen LogP) is 3.93. The predicted molar refractivity (Wildman–Crippen MR) is 103 cm³/mol. The molecule has 1 aromatic carbocycles. The zero-order valence-electron chi connectivity index (χ0n) is 13.8. The van der Waals surface area contributed by atoms with Crippen molar-refractivity contribution in [2.45, 2.75) is 31.7 Å². The van der Waals surface area contributed by atoms with Gasteiger partial charge in [0.25, 0.3) is 5.69 Å². The number of nitrogens with zero attached hydrogens (tertiary/aromatic N) is 2. The summed E-state index contributed by atoms with van der Waals surface area (Å²) >= 11 is 6.08. The van der Waals surface area contributed by atoms with Crippen LogP contribution >= 0.6 is 36.4 Å². The van der Waals surface area contributed by atoms with Crippen molar-refractivity contribution >= 4 is 42.1 Å². The van der Waals surface area contributed by atoms with Crippen molar-refractivity contribution in [3.63, 3.8) is 0 Å². The van der Waals surface area contributed by atoms with Gasteiger partial charge in [-0.15, -0.1) is 24.8 Å². The van der Waals surface area contributed by atoms with Crippen LogP contribution < -0.4 is 5.32 Å². The Labute approximate surface area is 164 Å². The number of nitro benzene ring substituents is 1. The molecular formula is C16H24Cl3N3O3. The van der Waals surface area contributed by atoms with Gasteiger partial charge in [-0.3, -0.25) is 15.0 Å². The number of nitro groups is 1. The summed E-state index contributed by atoms with van der Waals surface area (Å²) in [7, 11) is 0. The van der Waals surface area contributed by atoms with E-state index in [1.807, 2.05) is 0 Å². The quantitative estimate of drug-likeness (QED) is 0.578. The summed E-state index contributed by atoms with van der Waals surface area (Å²) in [6.07, 6.45) is 4.36. The Hall–Kier alpha value is -0.790. The fourth-order valence-corrected chi connectivity index (χ4v) is 4.14. The minimum atomic E-state index is -0.407. The molecule has 1 saturated carbocycles. The van der Waals surface area contributed by atoms with Gasteiger partial charge in [0.15, 0.2) is 0 Å². The molecule has 1 aliphatic carbocycles. The van der Waals surface area contributed by atoms with Gasteiger partial charge in [0, 0.05) is 38.3 Å². The normalized spacial score (nSPS) is 19.7. The van der Waals surface area contributed by atoms with Gasteiger partial charge in [-0.2, -0.15) is 0 Å². The fourth-order valence-electron chi connectivity index (χ4n) is 3.97. The summed E-state index contributed by atoms with van der Waals surface area (Å²) in [4.78, 5) is 13.4. The molecule has 3 rings (SSSR count). The molecule has 142 valence electrons. The van der Waals surface area contributed by atoms with E-state index < -0.39 is 4.92 Å². The van der Waals surface area contributed by atoms with Crippen LogP contribution in [-0.2, 0) is 0 Å². The van der Waals surface area contributed by atoms with Crippen molar-refractivity contribution in [1.29, 1.82) is 0 Å². The Morgan fingerprint density at radius 2 is 1.84 bits per heavy atom. The highest BCUT2D eigenvalue weighted by Crippen LogP contribution is 2.47. The van der Waals surface area contributed by atoms with E-state index in [1.165, 1.54) is 12.1 Å². The molecule has 1 aliphatic heterocycles. The molecule has 2 N–H and O–H groups in total. The van der Waals surface area contributed by atoms with E-state index in [0.717, 1.165) is 51.9 Å². The topological polar surface area (TPSA) is 78.6 Å². The lowest BCUT2D eigenvalue weighted by atomic mass is 9.88. The van der Waals surface area contributed by atoms with Gasteiger partial charge < -0.3 is 10.4 Å². The largest absolute Gasteiger partial charge is 0.506 e. The Morgan fingerprint density at radius 1 is 1.24 bits per heavy atom. The maximum atomic E-state index is 11.5. The zero-order valence-corrected chi connectivity index (χ0v) is 16.2. The van der Waals surface area contributed by atoms with Crippen LogP contribution in [0.3, 0.4) is 0 Å².